The van der Waals surface area contributed by atoms with Gasteiger partial charge in [0, 0.05) is 30.3 Å². The van der Waals surface area contributed by atoms with Gasteiger partial charge >= 0.3 is 6.03 Å². The predicted molar refractivity (Wildman–Crippen MR) is 115 cm³/mol. The molecule has 1 aromatic heterocycles. The second kappa shape index (κ2) is 9.31. The number of furan rings is 1. The summed E-state index contributed by atoms with van der Waals surface area (Å²) in [5.74, 6) is 0.785. The summed E-state index contributed by atoms with van der Waals surface area (Å²) in [5, 5.41) is 5.84. The zero-order valence-corrected chi connectivity index (χ0v) is 16.7. The number of anilines is 1. The highest BCUT2D eigenvalue weighted by Gasteiger charge is 2.25. The van der Waals surface area contributed by atoms with E-state index in [-0.39, 0.29) is 17.9 Å². The van der Waals surface area contributed by atoms with Crippen LogP contribution in [-0.4, -0.2) is 29.9 Å². The number of nitrogens with zero attached hydrogens (tertiary/aromatic N) is 1. The first-order valence-corrected chi connectivity index (χ1v) is 10.2. The normalized spacial score (nSPS) is 16.1. The zero-order chi connectivity index (χ0) is 20.8. The lowest BCUT2D eigenvalue weighted by molar-refractivity contribution is 0.0947. The van der Waals surface area contributed by atoms with E-state index < -0.39 is 0 Å². The molecule has 0 saturated carbocycles. The summed E-state index contributed by atoms with van der Waals surface area (Å²) in [6.07, 6.45) is 3.51. The van der Waals surface area contributed by atoms with E-state index >= 15 is 0 Å². The molecule has 154 valence electrons. The van der Waals surface area contributed by atoms with Crippen molar-refractivity contribution in [1.29, 1.82) is 0 Å². The first kappa shape index (κ1) is 19.8. The van der Waals surface area contributed by atoms with Gasteiger partial charge in [0.1, 0.15) is 5.76 Å². The maximum Gasteiger partial charge on any atom is 0.321 e. The molecule has 2 heterocycles. The molecule has 1 aliphatic heterocycles. The summed E-state index contributed by atoms with van der Waals surface area (Å²) in [6, 6.07) is 20.7. The molecule has 1 aliphatic rings. The van der Waals surface area contributed by atoms with E-state index in [4.69, 9.17) is 4.42 Å². The maximum atomic E-state index is 12.7. The second-order valence-electron chi connectivity index (χ2n) is 7.47. The number of piperidine rings is 1. The average Bonchev–Trinajstić information content (AvgIpc) is 3.32. The summed E-state index contributed by atoms with van der Waals surface area (Å²) in [6.45, 7) is 1.72. The number of carbonyl (C=O) groups excluding carboxylic acids is 2. The SMILES string of the molecule is O=C(NCc1ccco1)c1cccc([C@H]2CCCN(C(=O)Nc3ccccc3)C2)c1. The van der Waals surface area contributed by atoms with Crippen molar-refractivity contribution in [1.82, 2.24) is 10.2 Å². The minimum Gasteiger partial charge on any atom is -0.467 e. The Morgan fingerprint density at radius 2 is 1.90 bits per heavy atom. The van der Waals surface area contributed by atoms with E-state index in [1.54, 1.807) is 12.3 Å². The number of para-hydroxylation sites is 1. The van der Waals surface area contributed by atoms with Crippen molar-refractivity contribution in [2.75, 3.05) is 18.4 Å². The molecule has 0 unspecified atom stereocenters. The first-order chi connectivity index (χ1) is 14.7. The van der Waals surface area contributed by atoms with Crippen LogP contribution in [0, 0.1) is 0 Å². The smallest absolute Gasteiger partial charge is 0.321 e. The van der Waals surface area contributed by atoms with Crippen LogP contribution in [0.1, 0.15) is 40.4 Å². The summed E-state index contributed by atoms with van der Waals surface area (Å²) in [5.41, 5.74) is 2.49. The van der Waals surface area contributed by atoms with Gasteiger partial charge in [-0.2, -0.15) is 0 Å². The van der Waals surface area contributed by atoms with Crippen LogP contribution < -0.4 is 10.6 Å². The van der Waals surface area contributed by atoms with Gasteiger partial charge < -0.3 is 20.0 Å². The number of benzene rings is 2. The van der Waals surface area contributed by atoms with Crippen LogP contribution in [0.4, 0.5) is 10.5 Å². The number of rotatable bonds is 5. The molecule has 1 atom stereocenters. The highest BCUT2D eigenvalue weighted by Crippen LogP contribution is 2.28. The van der Waals surface area contributed by atoms with Gasteiger partial charge in [-0.15, -0.1) is 0 Å². The van der Waals surface area contributed by atoms with Crippen molar-refractivity contribution < 1.29 is 14.0 Å². The van der Waals surface area contributed by atoms with Gasteiger partial charge in [0.05, 0.1) is 12.8 Å². The number of amides is 3. The molecule has 3 amide bonds. The number of urea groups is 1. The molecule has 6 nitrogen and oxygen atoms in total. The van der Waals surface area contributed by atoms with E-state index in [1.165, 1.54) is 0 Å². The average molecular weight is 403 g/mol. The Balaban J connectivity index is 1.39. The molecule has 0 radical (unpaired) electrons. The van der Waals surface area contributed by atoms with Crippen LogP contribution in [0.3, 0.4) is 0 Å². The molecule has 3 aromatic rings. The summed E-state index contributed by atoms with van der Waals surface area (Å²) in [7, 11) is 0. The van der Waals surface area contributed by atoms with E-state index in [0.717, 1.165) is 30.6 Å². The molecule has 2 N–H and O–H groups in total. The Labute approximate surface area is 175 Å². The van der Waals surface area contributed by atoms with Crippen molar-refractivity contribution in [3.8, 4) is 0 Å². The third kappa shape index (κ3) is 4.89. The maximum absolute atomic E-state index is 12.7. The summed E-state index contributed by atoms with van der Waals surface area (Å²) >= 11 is 0. The second-order valence-corrected chi connectivity index (χ2v) is 7.47. The minimum atomic E-state index is -0.136. The van der Waals surface area contributed by atoms with Crippen molar-refractivity contribution in [3.05, 3.63) is 89.9 Å². The van der Waals surface area contributed by atoms with Gasteiger partial charge in [0.25, 0.3) is 5.91 Å². The van der Waals surface area contributed by atoms with E-state index in [0.29, 0.717) is 24.4 Å². The van der Waals surface area contributed by atoms with Crippen molar-refractivity contribution in [3.63, 3.8) is 0 Å². The molecule has 2 aromatic carbocycles. The summed E-state index contributed by atoms with van der Waals surface area (Å²) in [4.78, 5) is 27.0. The van der Waals surface area contributed by atoms with Crippen LogP contribution in [0.15, 0.2) is 77.4 Å². The van der Waals surface area contributed by atoms with Crippen molar-refractivity contribution in [2.45, 2.75) is 25.3 Å². The van der Waals surface area contributed by atoms with Crippen molar-refractivity contribution in [2.24, 2.45) is 0 Å². The molecule has 0 aliphatic carbocycles. The lowest BCUT2D eigenvalue weighted by atomic mass is 9.89. The quantitative estimate of drug-likeness (QED) is 0.653. The predicted octanol–water partition coefficient (Wildman–Crippen LogP) is 4.62. The van der Waals surface area contributed by atoms with E-state index in [1.807, 2.05) is 65.6 Å². The van der Waals surface area contributed by atoms with Crippen molar-refractivity contribution >= 4 is 17.6 Å². The lowest BCUT2D eigenvalue weighted by Gasteiger charge is -2.33. The minimum absolute atomic E-state index is 0.0850. The molecule has 1 saturated heterocycles. The van der Waals surface area contributed by atoms with Gasteiger partial charge in [-0.25, -0.2) is 4.79 Å². The highest BCUT2D eigenvalue weighted by atomic mass is 16.3. The monoisotopic (exact) mass is 403 g/mol. The van der Waals surface area contributed by atoms with E-state index in [9.17, 15) is 9.59 Å². The molecule has 0 spiro atoms. The number of hydrogen-bond donors (Lipinski definition) is 2. The third-order valence-electron chi connectivity index (χ3n) is 5.36. The molecule has 6 heteroatoms. The fourth-order valence-corrected chi connectivity index (χ4v) is 3.77. The van der Waals surface area contributed by atoms with Crippen LogP contribution in [0.2, 0.25) is 0 Å². The zero-order valence-electron chi connectivity index (χ0n) is 16.7. The van der Waals surface area contributed by atoms with Crippen LogP contribution in [0.5, 0.6) is 0 Å². The van der Waals surface area contributed by atoms with Gasteiger partial charge in [0.15, 0.2) is 0 Å². The summed E-state index contributed by atoms with van der Waals surface area (Å²) < 4.78 is 5.26. The molecular weight excluding hydrogens is 378 g/mol. The van der Waals surface area contributed by atoms with Gasteiger partial charge in [0.2, 0.25) is 0 Å². The van der Waals surface area contributed by atoms with E-state index in [2.05, 4.69) is 10.6 Å². The Morgan fingerprint density at radius 1 is 1.03 bits per heavy atom. The Kier molecular flexibility index (Phi) is 6.13. The van der Waals surface area contributed by atoms with Crippen LogP contribution in [-0.2, 0) is 6.54 Å². The topological polar surface area (TPSA) is 74.6 Å². The Bertz CT molecular complexity index is 986. The number of likely N-dealkylation sites (tertiary alicyclic amines) is 1. The molecule has 1 fully saturated rings. The fourth-order valence-electron chi connectivity index (χ4n) is 3.77. The number of nitrogens with one attached hydrogen (secondary N) is 2. The van der Waals surface area contributed by atoms with Crippen LogP contribution in [0.25, 0.3) is 0 Å². The number of hydrogen-bond acceptors (Lipinski definition) is 3. The largest absolute Gasteiger partial charge is 0.467 e. The first-order valence-electron chi connectivity index (χ1n) is 10.2. The van der Waals surface area contributed by atoms with Gasteiger partial charge in [-0.3, -0.25) is 4.79 Å². The molecule has 4 rings (SSSR count). The van der Waals surface area contributed by atoms with Gasteiger partial charge in [-0.05, 0) is 54.8 Å². The fraction of sp³-hybridized carbons (Fsp3) is 0.250. The Morgan fingerprint density at radius 3 is 2.70 bits per heavy atom. The molecule has 30 heavy (non-hydrogen) atoms. The lowest BCUT2D eigenvalue weighted by Crippen LogP contribution is -2.41. The highest BCUT2D eigenvalue weighted by molar-refractivity contribution is 5.94. The third-order valence-corrected chi connectivity index (χ3v) is 5.36. The van der Waals surface area contributed by atoms with Crippen LogP contribution >= 0.6 is 0 Å². The van der Waals surface area contributed by atoms with Gasteiger partial charge in [-0.1, -0.05) is 30.3 Å². The Hall–Kier alpha value is -3.54. The number of carbonyl (C=O) groups is 2. The standard InChI is InChI=1S/C24H25N3O3/c28-23(25-16-22-12-6-14-30-22)19-8-4-7-18(15-19)20-9-5-13-27(17-20)24(29)26-21-10-2-1-3-11-21/h1-4,6-8,10-12,14-15,20H,5,9,13,16-17H2,(H,25,28)(H,26,29)/t20-/m0/s1. The molecular formula is C24H25N3O3. The molecule has 0 bridgehead atoms.